The van der Waals surface area contributed by atoms with Crippen LogP contribution in [0.2, 0.25) is 0 Å². The first-order chi connectivity index (χ1) is 34.0. The predicted molar refractivity (Wildman–Crippen MR) is 265 cm³/mol. The van der Waals surface area contributed by atoms with Gasteiger partial charge in [0.1, 0.15) is 25.3 Å². The molecule has 20 nitrogen and oxygen atoms in total. The fourth-order valence-corrected chi connectivity index (χ4v) is 8.24. The molecule has 0 fully saturated rings. The monoisotopic (exact) mass is 975 g/mol. The van der Waals surface area contributed by atoms with Crippen molar-refractivity contribution in [2.75, 3.05) is 64.1 Å². The van der Waals surface area contributed by atoms with Crippen LogP contribution in [0.15, 0.2) is 78.9 Å². The van der Waals surface area contributed by atoms with Gasteiger partial charge in [0.25, 0.3) is 23.6 Å². The van der Waals surface area contributed by atoms with Gasteiger partial charge >= 0.3 is 12.2 Å². The van der Waals surface area contributed by atoms with Crippen LogP contribution in [0.5, 0.6) is 0 Å². The van der Waals surface area contributed by atoms with Gasteiger partial charge in [-0.15, -0.1) is 0 Å². The number of nitrogens with one attached hydrogen (secondary N) is 5. The van der Waals surface area contributed by atoms with Gasteiger partial charge in [-0.3, -0.25) is 43.4 Å². The number of urea groups is 1. The minimum Gasteiger partial charge on any atom is -0.432 e. The standard InChI is InChI=1S/C51H61N9O11/c1-31(2)45(57-40(61)14-6-5-9-25-59-41(62)21-22-42(59)63)47(65)56-39(13-10-23-54-50(52)68)46(64)55-34-17-15-32(16-18-34)30-71-51(69)70-28-24-53-38-20-19-36-43-37(38)29-33-11-7-8-12-35(33)44(43)49(67)60(48(36)66)27-26-58(3)4/h7-8,11-12,15-22,29,31,39,45,53H,5-6,9-10,13-14,23-28,30H2,1-4H3,(H,55,64)(H,56,65)(H,57,61)(H3,52,54,68)/t39-,45-/m1/s1. The fourth-order valence-electron chi connectivity index (χ4n) is 8.24. The van der Waals surface area contributed by atoms with Gasteiger partial charge in [-0.05, 0) is 92.4 Å². The Morgan fingerprint density at radius 2 is 1.48 bits per heavy atom. The van der Waals surface area contributed by atoms with E-state index in [4.69, 9.17) is 15.2 Å². The first-order valence-corrected chi connectivity index (χ1v) is 23.6. The van der Waals surface area contributed by atoms with E-state index < -0.39 is 36.1 Å². The molecule has 20 heteroatoms. The number of likely N-dealkylation sites (N-methyl/N-ethyl adjacent to an activating group) is 1. The maximum Gasteiger partial charge on any atom is 0.508 e. The summed E-state index contributed by atoms with van der Waals surface area (Å²) in [5.41, 5.74) is 7.73. The second kappa shape index (κ2) is 24.6. The molecule has 7 N–H and O–H groups in total. The molecule has 9 amide bonds. The van der Waals surface area contributed by atoms with Gasteiger partial charge in [0.05, 0.1) is 5.56 Å². The number of anilines is 2. The molecule has 0 spiro atoms. The van der Waals surface area contributed by atoms with E-state index in [0.29, 0.717) is 64.6 Å². The Balaban J connectivity index is 0.977. The third kappa shape index (κ3) is 13.9. The minimum absolute atomic E-state index is 0.0582. The van der Waals surface area contributed by atoms with E-state index in [1.165, 1.54) is 17.1 Å². The molecule has 0 aliphatic carbocycles. The van der Waals surface area contributed by atoms with Crippen LogP contribution in [0.25, 0.3) is 21.5 Å². The zero-order valence-electron chi connectivity index (χ0n) is 40.3. The molecule has 0 saturated heterocycles. The summed E-state index contributed by atoms with van der Waals surface area (Å²) in [4.78, 5) is 119. The highest BCUT2D eigenvalue weighted by Gasteiger charge is 2.35. The number of nitrogens with two attached hydrogens (primary N) is 1. The van der Waals surface area contributed by atoms with Crippen LogP contribution in [0.4, 0.5) is 21.0 Å². The third-order valence-electron chi connectivity index (χ3n) is 12.0. The van der Waals surface area contributed by atoms with E-state index in [9.17, 15) is 43.2 Å². The minimum atomic E-state index is -1.06. The summed E-state index contributed by atoms with van der Waals surface area (Å²) in [6.07, 6.45) is 3.62. The van der Waals surface area contributed by atoms with Crippen molar-refractivity contribution in [1.82, 2.24) is 30.7 Å². The zero-order valence-corrected chi connectivity index (χ0v) is 40.3. The van der Waals surface area contributed by atoms with Gasteiger partial charge in [-0.1, -0.05) is 56.7 Å². The average Bonchev–Trinajstić information content (AvgIpc) is 3.66. The molecule has 2 aliphatic heterocycles. The van der Waals surface area contributed by atoms with Gasteiger partial charge < -0.3 is 46.7 Å². The second-order valence-electron chi connectivity index (χ2n) is 17.9. The van der Waals surface area contributed by atoms with Crippen molar-refractivity contribution in [3.8, 4) is 0 Å². The summed E-state index contributed by atoms with van der Waals surface area (Å²) in [7, 11) is 3.76. The summed E-state index contributed by atoms with van der Waals surface area (Å²) >= 11 is 0. The number of carbonyl (C=O) groups excluding carboxylic acids is 9. The Morgan fingerprint density at radius 1 is 0.746 bits per heavy atom. The maximum atomic E-state index is 13.9. The van der Waals surface area contributed by atoms with Crippen LogP contribution in [0.3, 0.4) is 0 Å². The highest BCUT2D eigenvalue weighted by molar-refractivity contribution is 6.31. The van der Waals surface area contributed by atoms with Crippen molar-refractivity contribution in [2.24, 2.45) is 11.7 Å². The van der Waals surface area contributed by atoms with E-state index >= 15 is 0 Å². The first kappa shape index (κ1) is 52.5. The van der Waals surface area contributed by atoms with E-state index in [2.05, 4.69) is 26.6 Å². The molecular formula is C51H61N9O11. The molecule has 0 radical (unpaired) electrons. The smallest absolute Gasteiger partial charge is 0.432 e. The van der Waals surface area contributed by atoms with E-state index in [1.807, 2.05) is 49.3 Å². The molecular weight excluding hydrogens is 915 g/mol. The lowest BCUT2D eigenvalue weighted by molar-refractivity contribution is -0.137. The van der Waals surface area contributed by atoms with Crippen LogP contribution in [-0.4, -0.2) is 134 Å². The van der Waals surface area contributed by atoms with Gasteiger partial charge in [-0.25, -0.2) is 9.59 Å². The Morgan fingerprint density at radius 3 is 2.18 bits per heavy atom. The fraction of sp³-hybridized carbons (Fsp3) is 0.392. The Hall–Kier alpha value is -7.87. The highest BCUT2D eigenvalue weighted by atomic mass is 16.7. The van der Waals surface area contributed by atoms with Crippen LogP contribution < -0.4 is 32.3 Å². The number of benzene rings is 4. The van der Waals surface area contributed by atoms with Crippen molar-refractivity contribution in [1.29, 1.82) is 0 Å². The molecule has 0 unspecified atom stereocenters. The van der Waals surface area contributed by atoms with Crippen LogP contribution in [0, 0.1) is 5.92 Å². The number of rotatable bonds is 25. The lowest BCUT2D eigenvalue weighted by Crippen LogP contribution is -2.54. The summed E-state index contributed by atoms with van der Waals surface area (Å²) in [6, 6.07) is 16.7. The lowest BCUT2D eigenvalue weighted by Gasteiger charge is -2.29. The van der Waals surface area contributed by atoms with E-state index in [-0.39, 0.29) is 94.1 Å². The number of hydrogen-bond donors (Lipinski definition) is 6. The predicted octanol–water partition coefficient (Wildman–Crippen LogP) is 4.41. The lowest BCUT2D eigenvalue weighted by atomic mass is 9.88. The van der Waals surface area contributed by atoms with Crippen LogP contribution in [-0.2, 0) is 40.1 Å². The number of ether oxygens (including phenoxy) is 2. The number of fused-ring (bicyclic) bond motifs is 2. The molecule has 4 aromatic rings. The molecule has 2 heterocycles. The molecule has 71 heavy (non-hydrogen) atoms. The first-order valence-electron chi connectivity index (χ1n) is 23.6. The number of carbonyl (C=O) groups is 9. The Bertz CT molecular complexity index is 2690. The van der Waals surface area contributed by atoms with Gasteiger partial charge in [0.15, 0.2) is 0 Å². The summed E-state index contributed by atoms with van der Waals surface area (Å²) < 4.78 is 10.6. The molecule has 0 aromatic heterocycles. The average molecular weight is 976 g/mol. The number of amides is 9. The highest BCUT2D eigenvalue weighted by Crippen LogP contribution is 2.39. The second-order valence-corrected chi connectivity index (χ2v) is 17.9. The number of unbranched alkanes of at least 4 members (excludes halogenated alkanes) is 2. The van der Waals surface area contributed by atoms with Crippen molar-refractivity contribution in [3.63, 3.8) is 0 Å². The van der Waals surface area contributed by atoms with Crippen LogP contribution in [0.1, 0.15) is 78.7 Å². The van der Waals surface area contributed by atoms with Crippen molar-refractivity contribution in [3.05, 3.63) is 95.6 Å². The maximum absolute atomic E-state index is 13.9. The Labute approximate surface area is 411 Å². The summed E-state index contributed by atoms with van der Waals surface area (Å²) in [6.45, 7) is 4.69. The molecule has 2 aliphatic rings. The SMILES string of the molecule is CC(C)[C@@H](NC(=O)CCCCCN1C(=O)C=CC1=O)C(=O)N[C@H](CCCNC(N)=O)C(=O)Nc1ccc(COC(=O)OCCNc2ccc3c4c(c5ccccc5cc24)C(=O)N(CCN(C)C)C3=O)cc1. The van der Waals surface area contributed by atoms with Crippen molar-refractivity contribution < 1.29 is 52.6 Å². The Kier molecular flexibility index (Phi) is 18.2. The zero-order chi connectivity index (χ0) is 51.2. The summed E-state index contributed by atoms with van der Waals surface area (Å²) in [5, 5.41) is 16.9. The van der Waals surface area contributed by atoms with Crippen molar-refractivity contribution in [2.45, 2.75) is 71.1 Å². The molecule has 2 atom stereocenters. The number of hydrogen-bond acceptors (Lipinski definition) is 13. The number of imide groups is 2. The molecule has 4 aromatic carbocycles. The summed E-state index contributed by atoms with van der Waals surface area (Å²) in [5.74, 6) is -3.26. The molecule has 6 rings (SSSR count). The van der Waals surface area contributed by atoms with Crippen LogP contribution >= 0.6 is 0 Å². The topological polar surface area (TPSA) is 268 Å². The molecule has 0 bridgehead atoms. The molecule has 0 saturated carbocycles. The van der Waals surface area contributed by atoms with Crippen molar-refractivity contribution >= 4 is 86.5 Å². The molecule has 376 valence electrons. The van der Waals surface area contributed by atoms with Gasteiger partial charge in [-0.2, -0.15) is 0 Å². The third-order valence-corrected chi connectivity index (χ3v) is 12.0. The largest absolute Gasteiger partial charge is 0.508 e. The van der Waals surface area contributed by atoms with Gasteiger partial charge in [0.2, 0.25) is 17.7 Å². The number of nitrogens with zero attached hydrogens (tertiary/aromatic N) is 3. The number of primary amides is 1. The van der Waals surface area contributed by atoms with E-state index in [1.54, 1.807) is 50.2 Å². The quantitative estimate of drug-likeness (QED) is 0.0233. The van der Waals surface area contributed by atoms with E-state index in [0.717, 1.165) is 15.7 Å². The normalized spacial score (nSPS) is 14.0. The van der Waals surface area contributed by atoms with Gasteiger partial charge in [0, 0.05) is 79.0 Å².